The summed E-state index contributed by atoms with van der Waals surface area (Å²) in [6.45, 7) is 1.68. The Balaban J connectivity index is 2.23. The summed E-state index contributed by atoms with van der Waals surface area (Å²) in [6.07, 6.45) is 1.59. The molecule has 1 aromatic heterocycles. The van der Waals surface area contributed by atoms with Crippen molar-refractivity contribution in [3.05, 3.63) is 60.2 Å². The Bertz CT molecular complexity index is 659. The molecule has 100 valence electrons. The normalized spacial score (nSPS) is 13.2. The van der Waals surface area contributed by atoms with Crippen LogP contribution in [0.5, 0.6) is 0 Å². The molecule has 1 atom stereocenters. The molecule has 4 nitrogen and oxygen atoms in total. The lowest BCUT2D eigenvalue weighted by atomic mass is 10.2. The van der Waals surface area contributed by atoms with Crippen LogP contribution in [-0.4, -0.2) is 13.4 Å². The van der Waals surface area contributed by atoms with Crippen molar-refractivity contribution in [3.8, 4) is 0 Å². The Labute approximate surface area is 111 Å². The topological polar surface area (TPSA) is 59.1 Å². The highest BCUT2D eigenvalue weighted by Crippen LogP contribution is 2.15. The largest absolute Gasteiger partial charge is 0.260 e. The third kappa shape index (κ3) is 3.36. The molecule has 2 rings (SSSR count). The Kier molecular flexibility index (Phi) is 3.92. The molecule has 0 aliphatic heterocycles. The van der Waals surface area contributed by atoms with Crippen LogP contribution in [0.25, 0.3) is 0 Å². The van der Waals surface area contributed by atoms with Crippen LogP contribution in [0.15, 0.2) is 53.6 Å². The monoisotopic (exact) mass is 280 g/mol. The fourth-order valence-electron chi connectivity index (χ4n) is 1.63. The highest BCUT2D eigenvalue weighted by atomic mass is 32.2. The third-order valence-corrected chi connectivity index (χ3v) is 4.11. The molecule has 1 aromatic carbocycles. The maximum Gasteiger partial charge on any atom is 0.241 e. The molecule has 0 radical (unpaired) electrons. The molecule has 6 heteroatoms. The van der Waals surface area contributed by atoms with Crippen LogP contribution in [0.3, 0.4) is 0 Å². The highest BCUT2D eigenvalue weighted by molar-refractivity contribution is 7.89. The number of pyridine rings is 1. The van der Waals surface area contributed by atoms with Gasteiger partial charge in [0.25, 0.3) is 0 Å². The number of aromatic nitrogens is 1. The van der Waals surface area contributed by atoms with E-state index >= 15 is 0 Å². The second-order valence-electron chi connectivity index (χ2n) is 4.05. The molecule has 0 saturated heterocycles. The summed E-state index contributed by atoms with van der Waals surface area (Å²) in [6, 6.07) is 9.63. The minimum Gasteiger partial charge on any atom is -0.260 e. The summed E-state index contributed by atoms with van der Waals surface area (Å²) in [5.74, 6) is -0.589. The molecule has 1 N–H and O–H groups in total. The summed E-state index contributed by atoms with van der Waals surface area (Å²) in [7, 11) is -3.76. The number of halogens is 1. The number of rotatable bonds is 4. The van der Waals surface area contributed by atoms with E-state index in [0.29, 0.717) is 5.69 Å². The molecular formula is C13H13FN2O2S. The fraction of sp³-hybridized carbons (Fsp3) is 0.154. The molecule has 0 amide bonds. The predicted molar refractivity (Wildman–Crippen MR) is 69.4 cm³/mol. The van der Waals surface area contributed by atoms with Crippen LogP contribution < -0.4 is 4.72 Å². The summed E-state index contributed by atoms with van der Waals surface area (Å²) in [5, 5.41) is 0. The average molecular weight is 280 g/mol. The van der Waals surface area contributed by atoms with E-state index in [9.17, 15) is 12.8 Å². The fourth-order valence-corrected chi connectivity index (χ4v) is 2.88. The first kappa shape index (κ1) is 13.6. The van der Waals surface area contributed by atoms with E-state index in [4.69, 9.17) is 0 Å². The molecular weight excluding hydrogens is 267 g/mol. The molecule has 1 unspecified atom stereocenters. The third-order valence-electron chi connectivity index (χ3n) is 2.57. The van der Waals surface area contributed by atoms with Crippen LogP contribution in [-0.2, 0) is 10.0 Å². The summed E-state index contributed by atoms with van der Waals surface area (Å²) in [5.41, 5.74) is 0.600. The lowest BCUT2D eigenvalue weighted by Crippen LogP contribution is -2.27. The number of nitrogens with one attached hydrogen (secondary N) is 1. The summed E-state index contributed by atoms with van der Waals surface area (Å²) < 4.78 is 39.6. The van der Waals surface area contributed by atoms with Crippen molar-refractivity contribution >= 4 is 10.0 Å². The van der Waals surface area contributed by atoms with E-state index in [-0.39, 0.29) is 4.90 Å². The molecule has 19 heavy (non-hydrogen) atoms. The molecule has 0 aliphatic rings. The Morgan fingerprint density at radius 2 is 2.00 bits per heavy atom. The average Bonchev–Trinajstić information content (AvgIpc) is 2.39. The van der Waals surface area contributed by atoms with Gasteiger partial charge in [-0.15, -0.1) is 0 Å². The van der Waals surface area contributed by atoms with Crippen molar-refractivity contribution in [3.63, 3.8) is 0 Å². The van der Waals surface area contributed by atoms with Gasteiger partial charge in [0.2, 0.25) is 10.0 Å². The predicted octanol–water partition coefficient (Wildman–Crippen LogP) is 2.26. The van der Waals surface area contributed by atoms with Crippen LogP contribution in [0.1, 0.15) is 18.7 Å². The van der Waals surface area contributed by atoms with Gasteiger partial charge in [-0.1, -0.05) is 12.1 Å². The van der Waals surface area contributed by atoms with Crippen LogP contribution in [0.4, 0.5) is 4.39 Å². The maximum atomic E-state index is 13.1. The van der Waals surface area contributed by atoms with Crippen molar-refractivity contribution in [1.29, 1.82) is 0 Å². The highest BCUT2D eigenvalue weighted by Gasteiger charge is 2.19. The van der Waals surface area contributed by atoms with Crippen LogP contribution >= 0.6 is 0 Å². The van der Waals surface area contributed by atoms with Crippen molar-refractivity contribution < 1.29 is 12.8 Å². The molecule has 1 heterocycles. The van der Waals surface area contributed by atoms with E-state index in [1.54, 1.807) is 31.3 Å². The van der Waals surface area contributed by atoms with Gasteiger partial charge in [-0.25, -0.2) is 17.5 Å². The minimum atomic E-state index is -3.76. The number of sulfonamides is 1. The van der Waals surface area contributed by atoms with Crippen molar-refractivity contribution in [1.82, 2.24) is 9.71 Å². The zero-order valence-corrected chi connectivity index (χ0v) is 11.1. The second kappa shape index (κ2) is 5.46. The number of nitrogens with zero attached hydrogens (tertiary/aromatic N) is 1. The molecule has 0 saturated carbocycles. The maximum absolute atomic E-state index is 13.1. The smallest absolute Gasteiger partial charge is 0.241 e. The zero-order chi connectivity index (χ0) is 13.9. The van der Waals surface area contributed by atoms with Gasteiger partial charge in [-0.05, 0) is 37.3 Å². The minimum absolute atomic E-state index is 0.102. The Hall–Kier alpha value is -1.79. The van der Waals surface area contributed by atoms with Gasteiger partial charge in [-0.3, -0.25) is 4.98 Å². The van der Waals surface area contributed by atoms with E-state index in [2.05, 4.69) is 9.71 Å². The second-order valence-corrected chi connectivity index (χ2v) is 5.77. The van der Waals surface area contributed by atoms with Gasteiger partial charge in [0.05, 0.1) is 16.6 Å². The number of hydrogen-bond donors (Lipinski definition) is 1. The molecule has 2 aromatic rings. The lowest BCUT2D eigenvalue weighted by molar-refractivity contribution is 0.561. The first-order valence-corrected chi connectivity index (χ1v) is 7.16. The SMILES string of the molecule is CC(NS(=O)(=O)c1cccc(F)c1)c1ccccn1. The van der Waals surface area contributed by atoms with Gasteiger partial charge in [-0.2, -0.15) is 0 Å². The standard InChI is InChI=1S/C13H13FN2O2S/c1-10(13-7-2-3-8-15-13)16-19(17,18)12-6-4-5-11(14)9-12/h2-10,16H,1H3. The van der Waals surface area contributed by atoms with Gasteiger partial charge in [0.1, 0.15) is 5.82 Å². The Morgan fingerprint density at radius 3 is 2.63 bits per heavy atom. The first-order chi connectivity index (χ1) is 8.99. The van der Waals surface area contributed by atoms with Gasteiger partial charge in [0, 0.05) is 6.20 Å². The van der Waals surface area contributed by atoms with Crippen LogP contribution in [0, 0.1) is 5.82 Å². The molecule has 0 spiro atoms. The van der Waals surface area contributed by atoms with E-state index < -0.39 is 21.9 Å². The number of benzene rings is 1. The number of hydrogen-bond acceptors (Lipinski definition) is 3. The molecule has 0 fully saturated rings. The molecule has 0 aliphatic carbocycles. The van der Waals surface area contributed by atoms with Gasteiger partial charge in [0.15, 0.2) is 0 Å². The van der Waals surface area contributed by atoms with Gasteiger partial charge < -0.3 is 0 Å². The zero-order valence-electron chi connectivity index (χ0n) is 10.2. The molecule has 0 bridgehead atoms. The quantitative estimate of drug-likeness (QED) is 0.934. The Morgan fingerprint density at radius 1 is 1.21 bits per heavy atom. The van der Waals surface area contributed by atoms with E-state index in [0.717, 1.165) is 6.07 Å². The van der Waals surface area contributed by atoms with E-state index in [1.807, 2.05) is 0 Å². The first-order valence-electron chi connectivity index (χ1n) is 5.68. The van der Waals surface area contributed by atoms with E-state index in [1.165, 1.54) is 18.2 Å². The summed E-state index contributed by atoms with van der Waals surface area (Å²) >= 11 is 0. The van der Waals surface area contributed by atoms with Crippen molar-refractivity contribution in [2.24, 2.45) is 0 Å². The lowest BCUT2D eigenvalue weighted by Gasteiger charge is -2.13. The summed E-state index contributed by atoms with van der Waals surface area (Å²) in [4.78, 5) is 3.97. The van der Waals surface area contributed by atoms with Gasteiger partial charge >= 0.3 is 0 Å². The van der Waals surface area contributed by atoms with Crippen LogP contribution in [0.2, 0.25) is 0 Å². The van der Waals surface area contributed by atoms with Crippen molar-refractivity contribution in [2.75, 3.05) is 0 Å². The van der Waals surface area contributed by atoms with Crippen molar-refractivity contribution in [2.45, 2.75) is 17.9 Å².